The molecule has 98 valence electrons. The van der Waals surface area contributed by atoms with Crippen molar-refractivity contribution in [3.8, 4) is 5.75 Å². The lowest BCUT2D eigenvalue weighted by Gasteiger charge is -2.09. The predicted octanol–water partition coefficient (Wildman–Crippen LogP) is 2.75. The average Bonchev–Trinajstić information content (AvgIpc) is 2.29. The van der Waals surface area contributed by atoms with Crippen molar-refractivity contribution in [1.29, 1.82) is 0 Å². The number of nitro benzene ring substituents is 1. The fourth-order valence-corrected chi connectivity index (χ4v) is 1.77. The molecule has 1 rings (SSSR count). The molecule has 0 aliphatic carbocycles. The Morgan fingerprint density at radius 3 is 2.56 bits per heavy atom. The number of benzene rings is 1. The van der Waals surface area contributed by atoms with Gasteiger partial charge in [-0.1, -0.05) is 0 Å². The van der Waals surface area contributed by atoms with Gasteiger partial charge in [-0.3, -0.25) is 10.1 Å². The van der Waals surface area contributed by atoms with Crippen molar-refractivity contribution in [2.75, 3.05) is 7.11 Å². The number of carbonyl (C=O) groups excluding carboxylic acids is 1. The third kappa shape index (κ3) is 2.92. The van der Waals surface area contributed by atoms with E-state index in [1.807, 2.05) is 0 Å². The summed E-state index contributed by atoms with van der Waals surface area (Å²) in [6.45, 7) is -3.12. The van der Waals surface area contributed by atoms with Gasteiger partial charge in [0.2, 0.25) is 0 Å². The van der Waals surface area contributed by atoms with Gasteiger partial charge in [-0.2, -0.15) is 8.78 Å². The molecule has 0 saturated carbocycles. The SMILES string of the molecule is COC(=O)c1c([N+](=O)[O-])ccc(OC(F)F)c1Br. The van der Waals surface area contributed by atoms with Gasteiger partial charge in [0, 0.05) is 6.07 Å². The van der Waals surface area contributed by atoms with Crippen molar-refractivity contribution in [3.05, 3.63) is 32.3 Å². The lowest BCUT2D eigenvalue weighted by molar-refractivity contribution is -0.385. The van der Waals surface area contributed by atoms with Gasteiger partial charge >= 0.3 is 12.6 Å². The largest absolute Gasteiger partial charge is 0.465 e. The number of ether oxygens (including phenoxy) is 2. The third-order valence-electron chi connectivity index (χ3n) is 1.89. The topological polar surface area (TPSA) is 78.7 Å². The van der Waals surface area contributed by atoms with E-state index >= 15 is 0 Å². The van der Waals surface area contributed by atoms with Crippen LogP contribution in [0.1, 0.15) is 10.4 Å². The molecule has 0 spiro atoms. The molecule has 0 fully saturated rings. The van der Waals surface area contributed by atoms with Crippen LogP contribution in [-0.2, 0) is 4.74 Å². The molecule has 0 saturated heterocycles. The number of hydrogen-bond donors (Lipinski definition) is 0. The van der Waals surface area contributed by atoms with Gasteiger partial charge in [-0.25, -0.2) is 4.79 Å². The molecule has 0 unspecified atom stereocenters. The molecular weight excluding hydrogens is 320 g/mol. The number of carbonyl (C=O) groups is 1. The molecule has 9 heteroatoms. The number of methoxy groups -OCH3 is 1. The van der Waals surface area contributed by atoms with Gasteiger partial charge in [0.15, 0.2) is 5.56 Å². The Hall–Kier alpha value is -1.77. The number of alkyl halides is 2. The number of halogens is 3. The molecule has 0 heterocycles. The van der Waals surface area contributed by atoms with Gasteiger partial charge < -0.3 is 9.47 Å². The number of hydrogen-bond acceptors (Lipinski definition) is 5. The van der Waals surface area contributed by atoms with Crippen molar-refractivity contribution in [1.82, 2.24) is 0 Å². The van der Waals surface area contributed by atoms with Gasteiger partial charge in [0.05, 0.1) is 16.5 Å². The van der Waals surface area contributed by atoms with Crippen LogP contribution in [-0.4, -0.2) is 24.6 Å². The normalized spacial score (nSPS) is 10.3. The summed E-state index contributed by atoms with van der Waals surface area (Å²) in [4.78, 5) is 21.3. The fraction of sp³-hybridized carbons (Fsp3) is 0.222. The molecule has 0 atom stereocenters. The minimum atomic E-state index is -3.12. The number of esters is 1. The van der Waals surface area contributed by atoms with E-state index in [9.17, 15) is 23.7 Å². The molecule has 0 amide bonds. The van der Waals surface area contributed by atoms with Crippen molar-refractivity contribution >= 4 is 27.6 Å². The molecule has 0 radical (unpaired) electrons. The first-order chi connectivity index (χ1) is 8.38. The molecule has 1 aromatic carbocycles. The van der Waals surface area contributed by atoms with E-state index in [2.05, 4.69) is 25.4 Å². The van der Waals surface area contributed by atoms with Crippen LogP contribution in [0.5, 0.6) is 5.75 Å². The summed E-state index contributed by atoms with van der Waals surface area (Å²) in [5.74, 6) is -1.43. The van der Waals surface area contributed by atoms with Crippen molar-refractivity contribution in [2.24, 2.45) is 0 Å². The predicted molar refractivity (Wildman–Crippen MR) is 58.8 cm³/mol. The highest BCUT2D eigenvalue weighted by molar-refractivity contribution is 9.10. The number of nitrogens with zero attached hydrogens (tertiary/aromatic N) is 1. The molecule has 0 aliphatic heterocycles. The summed E-state index contributed by atoms with van der Waals surface area (Å²) in [6, 6.07) is 1.84. The molecule has 0 N–H and O–H groups in total. The smallest absolute Gasteiger partial charge is 0.387 e. The molecule has 0 bridgehead atoms. The first kappa shape index (κ1) is 14.3. The number of nitro groups is 1. The third-order valence-corrected chi connectivity index (χ3v) is 2.67. The van der Waals surface area contributed by atoms with Gasteiger partial charge in [-0.15, -0.1) is 0 Å². The van der Waals surface area contributed by atoms with Gasteiger partial charge in [0.1, 0.15) is 5.75 Å². The first-order valence-electron chi connectivity index (χ1n) is 4.38. The van der Waals surface area contributed by atoms with E-state index < -0.39 is 34.5 Å². The zero-order valence-corrected chi connectivity index (χ0v) is 10.4. The Balaban J connectivity index is 3.40. The Kier molecular flexibility index (Phi) is 4.54. The molecule has 0 aromatic heterocycles. The Labute approximate surface area is 108 Å². The van der Waals surface area contributed by atoms with E-state index in [-0.39, 0.29) is 4.47 Å². The maximum absolute atomic E-state index is 12.1. The molecule has 0 aliphatic rings. The summed E-state index contributed by atoms with van der Waals surface area (Å²) in [5.41, 5.74) is -1.06. The van der Waals surface area contributed by atoms with Crippen LogP contribution in [0.2, 0.25) is 0 Å². The van der Waals surface area contributed by atoms with E-state index in [0.717, 1.165) is 19.2 Å². The maximum Gasteiger partial charge on any atom is 0.387 e. The number of rotatable bonds is 4. The zero-order chi connectivity index (χ0) is 13.9. The van der Waals surface area contributed by atoms with E-state index in [0.29, 0.717) is 0 Å². The lowest BCUT2D eigenvalue weighted by atomic mass is 10.1. The highest BCUT2D eigenvalue weighted by Crippen LogP contribution is 2.36. The monoisotopic (exact) mass is 325 g/mol. The zero-order valence-electron chi connectivity index (χ0n) is 8.85. The Morgan fingerprint density at radius 1 is 1.50 bits per heavy atom. The van der Waals surface area contributed by atoms with Crippen LogP contribution in [0.15, 0.2) is 16.6 Å². The highest BCUT2D eigenvalue weighted by atomic mass is 79.9. The van der Waals surface area contributed by atoms with Crippen LogP contribution in [0.4, 0.5) is 14.5 Å². The highest BCUT2D eigenvalue weighted by Gasteiger charge is 2.27. The van der Waals surface area contributed by atoms with Gasteiger partial charge in [0.25, 0.3) is 5.69 Å². The quantitative estimate of drug-likeness (QED) is 0.483. The molecule has 1 aromatic rings. The van der Waals surface area contributed by atoms with Crippen LogP contribution in [0.3, 0.4) is 0 Å². The minimum absolute atomic E-state index is 0.260. The minimum Gasteiger partial charge on any atom is -0.465 e. The van der Waals surface area contributed by atoms with Crippen molar-refractivity contribution in [3.63, 3.8) is 0 Å². The maximum atomic E-state index is 12.1. The molecule has 18 heavy (non-hydrogen) atoms. The van der Waals surface area contributed by atoms with Crippen LogP contribution >= 0.6 is 15.9 Å². The lowest BCUT2D eigenvalue weighted by Crippen LogP contribution is -2.09. The summed E-state index contributed by atoms with van der Waals surface area (Å²) in [7, 11) is 1.01. The second-order valence-corrected chi connectivity index (χ2v) is 3.69. The van der Waals surface area contributed by atoms with E-state index in [1.165, 1.54) is 0 Å². The van der Waals surface area contributed by atoms with Gasteiger partial charge in [-0.05, 0) is 22.0 Å². The summed E-state index contributed by atoms with van der Waals surface area (Å²) in [6.07, 6.45) is 0. The summed E-state index contributed by atoms with van der Waals surface area (Å²) in [5, 5.41) is 10.7. The second kappa shape index (κ2) is 5.71. The Bertz CT molecular complexity index is 494. The van der Waals surface area contributed by atoms with Crippen LogP contribution in [0, 0.1) is 10.1 Å². The van der Waals surface area contributed by atoms with E-state index in [4.69, 9.17) is 0 Å². The average molecular weight is 326 g/mol. The standard InChI is InChI=1S/C9H6BrF2NO5/c1-17-8(14)6-4(13(15)16)2-3-5(7(6)10)18-9(11)12/h2-3,9H,1H3. The van der Waals surface area contributed by atoms with Crippen LogP contribution in [0.25, 0.3) is 0 Å². The molecule has 6 nitrogen and oxygen atoms in total. The summed E-state index contributed by atoms with van der Waals surface area (Å²) >= 11 is 2.81. The Morgan fingerprint density at radius 2 is 2.11 bits per heavy atom. The fourth-order valence-electron chi connectivity index (χ4n) is 1.18. The molecular formula is C9H6BrF2NO5. The van der Waals surface area contributed by atoms with Crippen molar-refractivity contribution in [2.45, 2.75) is 6.61 Å². The first-order valence-corrected chi connectivity index (χ1v) is 5.17. The summed E-state index contributed by atoms with van der Waals surface area (Å²) < 4.78 is 32.4. The van der Waals surface area contributed by atoms with E-state index in [1.54, 1.807) is 0 Å². The van der Waals surface area contributed by atoms with Crippen molar-refractivity contribution < 1.29 is 28.0 Å². The van der Waals surface area contributed by atoms with Crippen LogP contribution < -0.4 is 4.74 Å². The second-order valence-electron chi connectivity index (χ2n) is 2.90.